The number of rotatable bonds is 4. The topological polar surface area (TPSA) is 53.5 Å². The van der Waals surface area contributed by atoms with Gasteiger partial charge in [0.25, 0.3) is 0 Å². The van der Waals surface area contributed by atoms with Crippen molar-refractivity contribution in [3.05, 3.63) is 11.9 Å². The molecule has 1 heterocycles. The van der Waals surface area contributed by atoms with Gasteiger partial charge >= 0.3 is 0 Å². The summed E-state index contributed by atoms with van der Waals surface area (Å²) >= 11 is 0. The van der Waals surface area contributed by atoms with E-state index in [1.165, 1.54) is 0 Å². The standard InChI is InChI=1S/C8H12N2O3/c1-11-5-6-9-7(12-2)4-8(10-6)13-3/h4H,5H2,1-3H3. The third-order valence-electron chi connectivity index (χ3n) is 1.42. The molecule has 1 rings (SSSR count). The summed E-state index contributed by atoms with van der Waals surface area (Å²) in [6.07, 6.45) is 0. The van der Waals surface area contributed by atoms with Crippen LogP contribution in [0.4, 0.5) is 0 Å². The Labute approximate surface area is 76.7 Å². The highest BCUT2D eigenvalue weighted by molar-refractivity contribution is 5.20. The number of nitrogens with zero attached hydrogens (tertiary/aromatic N) is 2. The largest absolute Gasteiger partial charge is 0.481 e. The van der Waals surface area contributed by atoms with Crippen LogP contribution >= 0.6 is 0 Å². The summed E-state index contributed by atoms with van der Waals surface area (Å²) in [5, 5.41) is 0. The van der Waals surface area contributed by atoms with Crippen molar-refractivity contribution in [3.8, 4) is 11.8 Å². The van der Waals surface area contributed by atoms with Crippen LogP contribution in [0.1, 0.15) is 5.82 Å². The van der Waals surface area contributed by atoms with Crippen LogP contribution in [0.5, 0.6) is 11.8 Å². The Hall–Kier alpha value is -1.36. The van der Waals surface area contributed by atoms with E-state index in [1.54, 1.807) is 27.4 Å². The first-order valence-electron chi connectivity index (χ1n) is 3.75. The lowest BCUT2D eigenvalue weighted by atomic mass is 10.5. The lowest BCUT2D eigenvalue weighted by molar-refractivity contribution is 0.175. The van der Waals surface area contributed by atoms with Crippen LogP contribution in [-0.2, 0) is 11.3 Å². The van der Waals surface area contributed by atoms with Crippen LogP contribution in [0.2, 0.25) is 0 Å². The van der Waals surface area contributed by atoms with Crippen LogP contribution in [0.25, 0.3) is 0 Å². The van der Waals surface area contributed by atoms with Gasteiger partial charge in [-0.3, -0.25) is 0 Å². The van der Waals surface area contributed by atoms with Gasteiger partial charge in [0.05, 0.1) is 20.3 Å². The molecule has 72 valence electrons. The zero-order valence-corrected chi connectivity index (χ0v) is 7.90. The highest BCUT2D eigenvalue weighted by Gasteiger charge is 2.03. The average Bonchev–Trinajstić information content (AvgIpc) is 2.17. The van der Waals surface area contributed by atoms with Crippen LogP contribution < -0.4 is 9.47 Å². The molecule has 0 aromatic carbocycles. The zero-order chi connectivity index (χ0) is 9.68. The van der Waals surface area contributed by atoms with Crippen LogP contribution in [-0.4, -0.2) is 31.3 Å². The smallest absolute Gasteiger partial charge is 0.220 e. The van der Waals surface area contributed by atoms with E-state index in [-0.39, 0.29) is 0 Å². The highest BCUT2D eigenvalue weighted by atomic mass is 16.5. The van der Waals surface area contributed by atoms with Crippen molar-refractivity contribution in [2.45, 2.75) is 6.61 Å². The maximum Gasteiger partial charge on any atom is 0.220 e. The van der Waals surface area contributed by atoms with Gasteiger partial charge in [-0.05, 0) is 0 Å². The molecule has 0 aliphatic carbocycles. The SMILES string of the molecule is COCc1nc(OC)cc(OC)n1. The maximum absolute atomic E-state index is 4.96. The Morgan fingerprint density at radius 1 is 1.08 bits per heavy atom. The minimum absolute atomic E-state index is 0.341. The van der Waals surface area contributed by atoms with Crippen molar-refractivity contribution in [1.29, 1.82) is 0 Å². The van der Waals surface area contributed by atoms with Gasteiger partial charge in [-0.25, -0.2) is 0 Å². The van der Waals surface area contributed by atoms with Crippen molar-refractivity contribution < 1.29 is 14.2 Å². The Kier molecular flexibility index (Phi) is 3.45. The number of hydrogen-bond donors (Lipinski definition) is 0. The zero-order valence-electron chi connectivity index (χ0n) is 7.90. The summed E-state index contributed by atoms with van der Waals surface area (Å²) in [7, 11) is 4.66. The van der Waals surface area contributed by atoms with Crippen LogP contribution in [0.3, 0.4) is 0 Å². The quantitative estimate of drug-likeness (QED) is 0.687. The van der Waals surface area contributed by atoms with E-state index >= 15 is 0 Å². The van der Waals surface area contributed by atoms with E-state index in [1.807, 2.05) is 0 Å². The van der Waals surface area contributed by atoms with Gasteiger partial charge in [0.2, 0.25) is 11.8 Å². The number of aromatic nitrogens is 2. The van der Waals surface area contributed by atoms with Gasteiger partial charge in [-0.1, -0.05) is 0 Å². The molecular formula is C8H12N2O3. The molecule has 0 unspecified atom stereocenters. The molecular weight excluding hydrogens is 172 g/mol. The Bertz CT molecular complexity index is 256. The molecule has 1 aromatic heterocycles. The van der Waals surface area contributed by atoms with E-state index in [0.29, 0.717) is 24.2 Å². The van der Waals surface area contributed by atoms with Gasteiger partial charge in [0.15, 0.2) is 5.82 Å². The molecule has 0 bridgehead atoms. The summed E-state index contributed by atoms with van der Waals surface area (Å²) in [6, 6.07) is 1.61. The second-order valence-electron chi connectivity index (χ2n) is 2.30. The van der Waals surface area contributed by atoms with Gasteiger partial charge < -0.3 is 14.2 Å². The van der Waals surface area contributed by atoms with E-state index in [9.17, 15) is 0 Å². The molecule has 0 amide bonds. The van der Waals surface area contributed by atoms with Crippen LogP contribution in [0.15, 0.2) is 6.07 Å². The molecule has 5 heteroatoms. The fourth-order valence-electron chi connectivity index (χ4n) is 0.852. The third-order valence-corrected chi connectivity index (χ3v) is 1.42. The Morgan fingerprint density at radius 2 is 1.62 bits per heavy atom. The highest BCUT2D eigenvalue weighted by Crippen LogP contribution is 2.14. The normalized spacial score (nSPS) is 9.77. The molecule has 0 saturated heterocycles. The molecule has 13 heavy (non-hydrogen) atoms. The number of ether oxygens (including phenoxy) is 3. The Morgan fingerprint density at radius 3 is 2.00 bits per heavy atom. The van der Waals surface area contributed by atoms with Crippen molar-refractivity contribution in [1.82, 2.24) is 9.97 Å². The van der Waals surface area contributed by atoms with E-state index in [2.05, 4.69) is 9.97 Å². The molecule has 0 radical (unpaired) electrons. The van der Waals surface area contributed by atoms with Gasteiger partial charge in [-0.15, -0.1) is 0 Å². The average molecular weight is 184 g/mol. The lowest BCUT2D eigenvalue weighted by Crippen LogP contribution is -2.01. The van der Waals surface area contributed by atoms with Crippen LogP contribution in [0, 0.1) is 0 Å². The maximum atomic E-state index is 4.96. The fourth-order valence-corrected chi connectivity index (χ4v) is 0.852. The molecule has 0 aliphatic heterocycles. The molecule has 0 spiro atoms. The van der Waals surface area contributed by atoms with Crippen molar-refractivity contribution in [2.24, 2.45) is 0 Å². The van der Waals surface area contributed by atoms with Gasteiger partial charge in [-0.2, -0.15) is 9.97 Å². The molecule has 0 aliphatic rings. The monoisotopic (exact) mass is 184 g/mol. The Balaban J connectivity index is 2.93. The first kappa shape index (κ1) is 9.73. The first-order valence-corrected chi connectivity index (χ1v) is 3.75. The minimum atomic E-state index is 0.341. The minimum Gasteiger partial charge on any atom is -0.481 e. The fraction of sp³-hybridized carbons (Fsp3) is 0.500. The van der Waals surface area contributed by atoms with Gasteiger partial charge in [0.1, 0.15) is 6.61 Å². The van der Waals surface area contributed by atoms with E-state index in [4.69, 9.17) is 14.2 Å². The van der Waals surface area contributed by atoms with E-state index < -0.39 is 0 Å². The molecule has 0 saturated carbocycles. The summed E-state index contributed by atoms with van der Waals surface area (Å²) in [5.41, 5.74) is 0. The summed E-state index contributed by atoms with van der Waals surface area (Å²) in [6.45, 7) is 0.341. The van der Waals surface area contributed by atoms with Gasteiger partial charge in [0, 0.05) is 7.11 Å². The summed E-state index contributed by atoms with van der Waals surface area (Å²) in [5.74, 6) is 1.48. The van der Waals surface area contributed by atoms with Crippen molar-refractivity contribution in [3.63, 3.8) is 0 Å². The van der Waals surface area contributed by atoms with E-state index in [0.717, 1.165) is 0 Å². The molecule has 5 nitrogen and oxygen atoms in total. The summed E-state index contributed by atoms with van der Waals surface area (Å²) in [4.78, 5) is 8.10. The molecule has 0 N–H and O–H groups in total. The summed E-state index contributed by atoms with van der Waals surface area (Å²) < 4.78 is 14.8. The molecule has 1 aromatic rings. The predicted octanol–water partition coefficient (Wildman–Crippen LogP) is 0.640. The second kappa shape index (κ2) is 4.61. The first-order chi connectivity index (χ1) is 6.30. The molecule has 0 atom stereocenters. The second-order valence-corrected chi connectivity index (χ2v) is 2.30. The third kappa shape index (κ3) is 2.55. The van der Waals surface area contributed by atoms with Crippen molar-refractivity contribution >= 4 is 0 Å². The number of methoxy groups -OCH3 is 3. The predicted molar refractivity (Wildman–Crippen MR) is 45.8 cm³/mol. The lowest BCUT2D eigenvalue weighted by Gasteiger charge is -2.04. The van der Waals surface area contributed by atoms with Crippen molar-refractivity contribution in [2.75, 3.05) is 21.3 Å². The molecule has 0 fully saturated rings. The number of hydrogen-bond acceptors (Lipinski definition) is 5.